The van der Waals surface area contributed by atoms with Crippen LogP contribution in [0.4, 0.5) is 5.69 Å². The molecule has 0 spiro atoms. The molecule has 1 aliphatic heterocycles. The highest BCUT2D eigenvalue weighted by Crippen LogP contribution is 2.37. The number of hydrogen-bond donors (Lipinski definition) is 2. The number of nitrogens with zero attached hydrogens (tertiary/aromatic N) is 2. The summed E-state index contributed by atoms with van der Waals surface area (Å²) in [6.07, 6.45) is 6.00. The minimum atomic E-state index is -0.782. The number of fused-ring (bicyclic) bond motifs is 1. The molecular formula is C19H20N2O4S2. The molecule has 1 aromatic heterocycles. The molecule has 2 heterocycles. The van der Waals surface area contributed by atoms with Gasteiger partial charge in [0.1, 0.15) is 5.75 Å². The van der Waals surface area contributed by atoms with Crippen molar-refractivity contribution in [2.45, 2.75) is 32.2 Å². The van der Waals surface area contributed by atoms with Crippen LogP contribution in [0, 0.1) is 3.95 Å². The Hall–Kier alpha value is -2.45. The number of aliphatic imine (C=N–C) groups is 1. The molecule has 1 aromatic carbocycles. The second kappa shape index (κ2) is 8.49. The van der Waals surface area contributed by atoms with Crippen LogP contribution in [0.5, 0.6) is 11.6 Å². The highest BCUT2D eigenvalue weighted by molar-refractivity contribution is 7.73. The SMILES string of the molecule is COc1ccc2c(c1)N=C/C2=C\c1sc(=S)n(CCCCCC(=O)O)c1O. The summed E-state index contributed by atoms with van der Waals surface area (Å²) in [5, 5.41) is 19.2. The number of rotatable bonds is 8. The number of aliphatic carboxylic acids is 1. The fourth-order valence-electron chi connectivity index (χ4n) is 2.88. The maximum atomic E-state index is 10.5. The number of thiazole rings is 1. The Morgan fingerprint density at radius 2 is 2.19 bits per heavy atom. The fraction of sp³-hybridized carbons (Fsp3) is 0.316. The number of aromatic nitrogens is 1. The Morgan fingerprint density at radius 1 is 1.37 bits per heavy atom. The summed E-state index contributed by atoms with van der Waals surface area (Å²) in [6.45, 7) is 0.575. The van der Waals surface area contributed by atoms with Gasteiger partial charge >= 0.3 is 5.97 Å². The first-order valence-electron chi connectivity index (χ1n) is 8.58. The lowest BCUT2D eigenvalue weighted by Gasteiger charge is -2.05. The molecule has 3 rings (SSSR count). The van der Waals surface area contributed by atoms with E-state index < -0.39 is 5.97 Å². The Labute approximate surface area is 166 Å². The van der Waals surface area contributed by atoms with Gasteiger partial charge in [-0.25, -0.2) is 0 Å². The smallest absolute Gasteiger partial charge is 0.303 e. The molecule has 27 heavy (non-hydrogen) atoms. The molecule has 6 nitrogen and oxygen atoms in total. The molecular weight excluding hydrogens is 384 g/mol. The Kier molecular flexibility index (Phi) is 6.08. The number of methoxy groups -OCH3 is 1. The van der Waals surface area contributed by atoms with Gasteiger partial charge in [0.2, 0.25) is 5.88 Å². The topological polar surface area (TPSA) is 84.1 Å². The van der Waals surface area contributed by atoms with Gasteiger partial charge < -0.3 is 14.9 Å². The monoisotopic (exact) mass is 404 g/mol. The number of carbonyl (C=O) groups is 1. The average Bonchev–Trinajstić information content (AvgIpc) is 3.16. The number of benzene rings is 1. The van der Waals surface area contributed by atoms with Gasteiger partial charge in [-0.2, -0.15) is 0 Å². The van der Waals surface area contributed by atoms with Gasteiger partial charge in [0.15, 0.2) is 3.95 Å². The van der Waals surface area contributed by atoms with Crippen molar-refractivity contribution < 1.29 is 19.7 Å². The zero-order chi connectivity index (χ0) is 19.4. The van der Waals surface area contributed by atoms with Crippen molar-refractivity contribution in [2.24, 2.45) is 4.99 Å². The number of allylic oxidation sites excluding steroid dienone is 1. The Morgan fingerprint density at radius 3 is 2.93 bits per heavy atom. The minimum Gasteiger partial charge on any atom is -0.497 e. The van der Waals surface area contributed by atoms with Gasteiger partial charge in [-0.15, -0.1) is 11.3 Å². The van der Waals surface area contributed by atoms with Gasteiger partial charge in [-0.05, 0) is 43.3 Å². The van der Waals surface area contributed by atoms with E-state index in [9.17, 15) is 9.90 Å². The van der Waals surface area contributed by atoms with Crippen LogP contribution in [0.1, 0.15) is 36.1 Å². The lowest BCUT2D eigenvalue weighted by molar-refractivity contribution is -0.137. The molecule has 0 radical (unpaired) electrons. The van der Waals surface area contributed by atoms with Gasteiger partial charge in [-0.1, -0.05) is 6.42 Å². The van der Waals surface area contributed by atoms with Crippen molar-refractivity contribution in [1.82, 2.24) is 4.57 Å². The van der Waals surface area contributed by atoms with E-state index in [1.54, 1.807) is 17.9 Å². The van der Waals surface area contributed by atoms with E-state index in [2.05, 4.69) is 4.99 Å². The first-order valence-corrected chi connectivity index (χ1v) is 9.80. The second-order valence-corrected chi connectivity index (χ2v) is 7.83. The van der Waals surface area contributed by atoms with Gasteiger partial charge in [-0.3, -0.25) is 14.4 Å². The van der Waals surface area contributed by atoms with E-state index in [0.717, 1.165) is 35.4 Å². The summed E-state index contributed by atoms with van der Waals surface area (Å²) in [6, 6.07) is 5.70. The van der Waals surface area contributed by atoms with Gasteiger partial charge in [0, 0.05) is 36.4 Å². The molecule has 0 saturated heterocycles. The largest absolute Gasteiger partial charge is 0.497 e. The number of ether oxygens (including phenoxy) is 1. The van der Waals surface area contributed by atoms with Crippen molar-refractivity contribution in [1.29, 1.82) is 0 Å². The molecule has 142 valence electrons. The van der Waals surface area contributed by atoms with E-state index >= 15 is 0 Å². The molecule has 0 bridgehead atoms. The first-order chi connectivity index (χ1) is 13.0. The van der Waals surface area contributed by atoms with E-state index in [0.29, 0.717) is 21.8 Å². The second-order valence-electron chi connectivity index (χ2n) is 6.15. The van der Waals surface area contributed by atoms with Crippen molar-refractivity contribution in [3.8, 4) is 11.6 Å². The maximum Gasteiger partial charge on any atom is 0.303 e. The van der Waals surface area contributed by atoms with Crippen LogP contribution in [-0.4, -0.2) is 34.1 Å². The third-order valence-electron chi connectivity index (χ3n) is 4.31. The molecule has 0 atom stereocenters. The number of unbranched alkanes of at least 4 members (excludes halogenated alkanes) is 2. The van der Waals surface area contributed by atoms with Crippen LogP contribution in [-0.2, 0) is 11.3 Å². The van der Waals surface area contributed by atoms with Crippen LogP contribution < -0.4 is 4.74 Å². The summed E-state index contributed by atoms with van der Waals surface area (Å²) in [5.74, 6) is 0.112. The Balaban J connectivity index is 1.74. The number of aromatic hydroxyl groups is 1. The summed E-state index contributed by atoms with van der Waals surface area (Å²) < 4.78 is 7.52. The highest BCUT2D eigenvalue weighted by Gasteiger charge is 2.16. The highest BCUT2D eigenvalue weighted by atomic mass is 32.1. The molecule has 0 aliphatic carbocycles. The van der Waals surface area contributed by atoms with Crippen molar-refractivity contribution in [3.05, 3.63) is 32.6 Å². The predicted octanol–water partition coefficient (Wildman–Crippen LogP) is 4.89. The van der Waals surface area contributed by atoms with Gasteiger partial charge in [0.25, 0.3) is 0 Å². The fourth-order valence-corrected chi connectivity index (χ4v) is 4.19. The van der Waals surface area contributed by atoms with Crippen LogP contribution in [0.25, 0.3) is 11.6 Å². The average molecular weight is 405 g/mol. The summed E-state index contributed by atoms with van der Waals surface area (Å²) in [5.41, 5.74) is 2.73. The summed E-state index contributed by atoms with van der Waals surface area (Å²) in [7, 11) is 1.62. The molecule has 0 saturated carbocycles. The number of carboxylic acids is 1. The molecule has 2 N–H and O–H groups in total. The van der Waals surface area contributed by atoms with E-state index in [1.807, 2.05) is 24.3 Å². The number of carboxylic acid groups (broad SMARTS) is 1. The molecule has 0 amide bonds. The number of hydrogen-bond acceptors (Lipinski definition) is 6. The Bertz CT molecular complexity index is 973. The van der Waals surface area contributed by atoms with Crippen LogP contribution in [0.15, 0.2) is 23.2 Å². The zero-order valence-corrected chi connectivity index (χ0v) is 16.5. The lowest BCUT2D eigenvalue weighted by atomic mass is 10.1. The standard InChI is InChI=1S/C19H20N2O4S2/c1-25-13-6-7-14-12(11-20-15(14)10-13)9-16-18(24)21(19(26)27-16)8-4-2-3-5-17(22)23/h6-7,9-11,24H,2-5,8H2,1H3,(H,22,23)/b12-9+. The van der Waals surface area contributed by atoms with E-state index in [-0.39, 0.29) is 12.3 Å². The van der Waals surface area contributed by atoms with Crippen LogP contribution in [0.3, 0.4) is 0 Å². The minimum absolute atomic E-state index is 0.145. The lowest BCUT2D eigenvalue weighted by Crippen LogP contribution is -1.99. The molecule has 0 fully saturated rings. The zero-order valence-electron chi connectivity index (χ0n) is 14.8. The van der Waals surface area contributed by atoms with Gasteiger partial charge in [0.05, 0.1) is 17.7 Å². The summed E-state index contributed by atoms with van der Waals surface area (Å²) in [4.78, 5) is 15.6. The molecule has 0 unspecified atom stereocenters. The molecule has 8 heteroatoms. The van der Waals surface area contributed by atoms with Crippen LogP contribution >= 0.6 is 23.6 Å². The summed E-state index contributed by atoms with van der Waals surface area (Å²) >= 11 is 6.73. The van der Waals surface area contributed by atoms with Crippen molar-refractivity contribution >= 4 is 53.1 Å². The quantitative estimate of drug-likeness (QED) is 0.483. The molecule has 2 aromatic rings. The van der Waals surface area contributed by atoms with E-state index in [4.69, 9.17) is 22.1 Å². The third-order valence-corrected chi connectivity index (χ3v) is 5.70. The van der Waals surface area contributed by atoms with E-state index in [1.165, 1.54) is 11.3 Å². The normalized spacial score (nSPS) is 13.9. The van der Waals surface area contributed by atoms with Crippen molar-refractivity contribution in [3.63, 3.8) is 0 Å². The predicted molar refractivity (Wildman–Crippen MR) is 110 cm³/mol. The third kappa shape index (κ3) is 4.45. The van der Waals surface area contributed by atoms with Crippen LogP contribution in [0.2, 0.25) is 0 Å². The molecule has 1 aliphatic rings. The first kappa shape index (κ1) is 19.3. The maximum absolute atomic E-state index is 10.5. The van der Waals surface area contributed by atoms with Crippen molar-refractivity contribution in [2.75, 3.05) is 7.11 Å².